The van der Waals surface area contributed by atoms with Gasteiger partial charge < -0.3 is 0 Å². The average molecular weight is 805 g/mol. The van der Waals surface area contributed by atoms with E-state index in [2.05, 4.69) is 12.2 Å². The van der Waals surface area contributed by atoms with Gasteiger partial charge in [0, 0.05) is 0 Å². The first kappa shape index (κ1) is 23.3. The van der Waals surface area contributed by atoms with Crippen LogP contribution < -0.4 is 0 Å². The Hall–Kier alpha value is -7.88. The van der Waals surface area contributed by atoms with Gasteiger partial charge in [-0.2, -0.15) is 0 Å². The van der Waals surface area contributed by atoms with Crippen molar-refractivity contribution in [3.8, 4) is 0 Å². The molecule has 0 saturated carbocycles. The summed E-state index contributed by atoms with van der Waals surface area (Å²) in [7, 11) is 0. The number of hydrogen-bond acceptors (Lipinski definition) is 2. The maximum Gasteiger partial charge on any atom is 0.126 e. The molecular formula is C64H4O2. The fraction of sp³-hybridized carbons (Fsp3) is 0.0625. The van der Waals surface area contributed by atoms with Gasteiger partial charge in [-0.05, 0) is 313 Å². The van der Waals surface area contributed by atoms with Crippen LogP contribution in [0, 0.1) is 0 Å². The van der Waals surface area contributed by atoms with Crippen molar-refractivity contribution in [2.75, 3.05) is 0 Å². The minimum atomic E-state index is -0.434. The van der Waals surface area contributed by atoms with Gasteiger partial charge in [-0.3, -0.25) is 0 Å². The smallest absolute Gasteiger partial charge is 0.126 e. The largest absolute Gasteiger partial charge is 0.227 e. The predicted octanol–water partition coefficient (Wildman–Crippen LogP) is 16.6. The summed E-state index contributed by atoms with van der Waals surface area (Å²) in [5, 5.41) is 88.3. The summed E-state index contributed by atoms with van der Waals surface area (Å²) in [6.45, 7) is 0. The van der Waals surface area contributed by atoms with Crippen molar-refractivity contribution in [3.63, 3.8) is 0 Å². The summed E-state index contributed by atoms with van der Waals surface area (Å²) in [6.07, 6.45) is 4.56. The van der Waals surface area contributed by atoms with Crippen molar-refractivity contribution in [3.05, 3.63) is 34.4 Å². The Morgan fingerprint density at radius 1 is 0.167 bits per heavy atom. The molecule has 2 bridgehead atoms. The van der Waals surface area contributed by atoms with Crippen LogP contribution >= 0.6 is 0 Å². The molecular weight excluding hydrogens is 801 g/mol. The normalized spacial score (nSPS) is 26.1. The monoisotopic (exact) mass is 804 g/mol. The van der Waals surface area contributed by atoms with Crippen molar-refractivity contribution in [1.82, 2.24) is 0 Å². The number of fused-ring (bicyclic) bond motifs is 1. The quantitative estimate of drug-likeness (QED) is 0.0864. The second-order valence-corrected chi connectivity index (χ2v) is 24.8. The predicted molar refractivity (Wildman–Crippen MR) is 273 cm³/mol. The summed E-state index contributed by atoms with van der Waals surface area (Å²) in [5.41, 5.74) is 5.74. The Balaban J connectivity index is 1.26. The molecule has 0 N–H and O–H groups in total. The van der Waals surface area contributed by atoms with Gasteiger partial charge >= 0.3 is 0 Å². The molecule has 7 aliphatic rings. The van der Waals surface area contributed by atoms with Crippen LogP contribution in [0.2, 0.25) is 0 Å². The molecule has 28 aromatic rings. The summed E-state index contributed by atoms with van der Waals surface area (Å²) in [4.78, 5) is 14.2. The highest BCUT2D eigenvalue weighted by Gasteiger charge is 2.77. The fourth-order valence-electron chi connectivity index (χ4n) is 25.2. The average Bonchev–Trinajstić information content (AvgIpc) is 4.20. The SMILES string of the molecule is C1=C[C@H]2OO[C@@H]1C13c4c5c6c7c8c9c(c%10c%11c1c1c4c4c%12c5c5c6c6c8c8c%13c9c9c%10c%10c%11c%11c1c1c4c4c%12c%12c5c5c6c8c6c8c%13c9c9c%10c%10c%11c1c1c4c4c%12c5c6c5c8c9c%10c1c45)C723. The Bertz CT molecular complexity index is 6540. The molecule has 28 aromatic carbocycles. The summed E-state index contributed by atoms with van der Waals surface area (Å²) >= 11 is 0. The molecule has 2 atom stereocenters. The first-order chi connectivity index (χ1) is 32.9. The van der Waals surface area contributed by atoms with Crippen LogP contribution in [0.1, 0.15) is 22.3 Å². The molecule has 0 amide bonds. The number of hydrogen-bond donors (Lipinski definition) is 0. The summed E-state index contributed by atoms with van der Waals surface area (Å²) in [5.74, 6) is 0. The van der Waals surface area contributed by atoms with Gasteiger partial charge in [0.05, 0.1) is 10.8 Å². The van der Waals surface area contributed by atoms with E-state index >= 15 is 0 Å². The van der Waals surface area contributed by atoms with Crippen LogP contribution in [-0.2, 0) is 20.6 Å². The molecule has 2 spiro atoms. The second kappa shape index (κ2) is 5.08. The standard InChI is InChI=1S/C64H4O2/c1-2-4-64-61-53-45-35-25-17-9-6-5-7-11-13(9)21-27-19(11)29-23-15(7)16-8(5)12-14-10(6)18(17)26-32-22(14)28-20(12)30-24(16)34-33(23)43-37(29)47-41(27)49(39(45)31(21)25)57(61)55(47)59-51(43)52-44(34)38(30)48-42(28)50-40(32)46(36(26)35)54(53)62(64)58(50)56(48)60(52)63(59,64)3(1)65-66-4/h1-4H/t3-,4+,63?,64?. The first-order valence-corrected chi connectivity index (χ1v) is 24.7. The maximum absolute atomic E-state index is 7.10. The molecule has 0 radical (unpaired) electrons. The molecule has 0 aromatic heterocycles. The summed E-state index contributed by atoms with van der Waals surface area (Å²) < 4.78 is 0. The Morgan fingerprint density at radius 3 is 0.379 bits per heavy atom. The van der Waals surface area contributed by atoms with Gasteiger partial charge in [0.15, 0.2) is 0 Å². The van der Waals surface area contributed by atoms with Crippen molar-refractivity contribution >= 4 is 291 Å². The zero-order valence-electron chi connectivity index (χ0n) is 33.1. The Labute approximate surface area is 356 Å². The fourth-order valence-corrected chi connectivity index (χ4v) is 25.2. The van der Waals surface area contributed by atoms with Gasteiger partial charge in [0.25, 0.3) is 0 Å². The van der Waals surface area contributed by atoms with E-state index < -0.39 is 10.8 Å². The molecule has 2 heterocycles. The van der Waals surface area contributed by atoms with Crippen molar-refractivity contribution in [1.29, 1.82) is 0 Å². The second-order valence-electron chi connectivity index (χ2n) is 24.8. The van der Waals surface area contributed by atoms with E-state index in [0.717, 1.165) is 0 Å². The topological polar surface area (TPSA) is 18.5 Å². The molecule has 1 fully saturated rings. The van der Waals surface area contributed by atoms with Crippen LogP contribution in [0.3, 0.4) is 0 Å². The third-order valence-electron chi connectivity index (χ3n) is 25.0. The maximum atomic E-state index is 7.10. The molecule has 66 heavy (non-hydrogen) atoms. The van der Waals surface area contributed by atoms with Gasteiger partial charge in [-0.25, -0.2) is 9.78 Å². The highest BCUT2D eigenvalue weighted by molar-refractivity contribution is 6.82. The number of rotatable bonds is 0. The van der Waals surface area contributed by atoms with Gasteiger partial charge in [-0.15, -0.1) is 0 Å². The minimum Gasteiger partial charge on any atom is -0.227 e. The van der Waals surface area contributed by atoms with Crippen LogP contribution in [0.15, 0.2) is 12.2 Å². The van der Waals surface area contributed by atoms with Gasteiger partial charge in [-0.1, -0.05) is 12.2 Å². The molecule has 2 aliphatic heterocycles. The molecule has 5 aliphatic carbocycles. The van der Waals surface area contributed by atoms with E-state index in [1.54, 1.807) is 313 Å². The zero-order valence-corrected chi connectivity index (χ0v) is 33.1. The summed E-state index contributed by atoms with van der Waals surface area (Å²) in [6, 6.07) is 0. The minimum absolute atomic E-state index is 0.224. The van der Waals surface area contributed by atoms with Crippen molar-refractivity contribution in [2.45, 2.75) is 23.0 Å². The molecule has 1 saturated heterocycles. The van der Waals surface area contributed by atoms with E-state index in [-0.39, 0.29) is 12.2 Å². The highest BCUT2D eigenvalue weighted by Crippen LogP contribution is 2.86. The molecule has 2 nitrogen and oxygen atoms in total. The van der Waals surface area contributed by atoms with Gasteiger partial charge in [0.2, 0.25) is 0 Å². The van der Waals surface area contributed by atoms with E-state index in [4.69, 9.17) is 9.78 Å². The van der Waals surface area contributed by atoms with Crippen LogP contribution in [0.4, 0.5) is 0 Å². The lowest BCUT2D eigenvalue weighted by atomic mass is 9.43. The van der Waals surface area contributed by atoms with Crippen LogP contribution in [-0.4, -0.2) is 12.2 Å². The van der Waals surface area contributed by atoms with E-state index in [9.17, 15) is 0 Å². The van der Waals surface area contributed by atoms with Crippen molar-refractivity contribution < 1.29 is 9.78 Å². The molecule has 35 rings (SSSR count). The van der Waals surface area contributed by atoms with Crippen molar-refractivity contribution in [2.24, 2.45) is 0 Å². The van der Waals surface area contributed by atoms with Crippen LogP contribution in [0.25, 0.3) is 291 Å². The third-order valence-corrected chi connectivity index (χ3v) is 25.0. The highest BCUT2D eigenvalue weighted by atomic mass is 17.2. The molecule has 0 unspecified atom stereocenters. The molecule has 272 valence electrons. The van der Waals surface area contributed by atoms with E-state index in [0.29, 0.717) is 0 Å². The van der Waals surface area contributed by atoms with E-state index in [1.165, 1.54) is 0 Å². The van der Waals surface area contributed by atoms with E-state index in [1.807, 2.05) is 0 Å². The number of benzene rings is 18. The van der Waals surface area contributed by atoms with Crippen LogP contribution in [0.5, 0.6) is 0 Å². The lowest BCUT2D eigenvalue weighted by Gasteiger charge is -2.62. The lowest BCUT2D eigenvalue weighted by Crippen LogP contribution is -2.69. The molecule has 2 heteroatoms. The Morgan fingerprint density at radius 2 is 0.273 bits per heavy atom. The third kappa shape index (κ3) is 1.14. The Kier molecular flexibility index (Phi) is 1.80. The lowest BCUT2D eigenvalue weighted by molar-refractivity contribution is -0.390. The first-order valence-electron chi connectivity index (χ1n) is 24.7. The van der Waals surface area contributed by atoms with Gasteiger partial charge in [0.1, 0.15) is 12.2 Å². The zero-order chi connectivity index (χ0) is 38.5.